The van der Waals surface area contributed by atoms with Crippen LogP contribution in [0.25, 0.3) is 0 Å². The van der Waals surface area contributed by atoms with Gasteiger partial charge >= 0.3 is 0 Å². The summed E-state index contributed by atoms with van der Waals surface area (Å²) in [5.41, 5.74) is 0. The van der Waals surface area contributed by atoms with E-state index in [1.807, 2.05) is 13.1 Å². The van der Waals surface area contributed by atoms with Gasteiger partial charge in [0, 0.05) is 0 Å². The van der Waals surface area contributed by atoms with E-state index in [0.717, 1.165) is 29.6 Å². The van der Waals surface area contributed by atoms with Crippen LogP contribution < -0.4 is 0 Å². The van der Waals surface area contributed by atoms with E-state index >= 15 is 0 Å². The second-order valence-corrected chi connectivity index (χ2v) is 5.03. The molecule has 0 radical (unpaired) electrons. The Morgan fingerprint density at radius 2 is 1.77 bits per heavy atom. The Hall–Kier alpha value is -0.330. The van der Waals surface area contributed by atoms with Crippen molar-refractivity contribution in [1.82, 2.24) is 0 Å². The fourth-order valence-corrected chi connectivity index (χ4v) is 3.56. The highest BCUT2D eigenvalue weighted by Crippen LogP contribution is 2.57. The molecule has 0 amide bonds. The molecular formula is C12H21N. The van der Waals surface area contributed by atoms with Crippen molar-refractivity contribution in [3.8, 4) is 0 Å². The van der Waals surface area contributed by atoms with Crippen LogP contribution in [-0.4, -0.2) is 12.3 Å². The summed E-state index contributed by atoms with van der Waals surface area (Å²) < 4.78 is 0. The molecule has 2 aliphatic carbocycles. The molecule has 2 aliphatic rings. The summed E-state index contributed by atoms with van der Waals surface area (Å²) >= 11 is 0. The highest BCUT2D eigenvalue weighted by molar-refractivity contribution is 5.53. The summed E-state index contributed by atoms with van der Waals surface area (Å²) in [6, 6.07) is 0.664. The van der Waals surface area contributed by atoms with E-state index in [1.165, 1.54) is 6.42 Å². The predicted octanol–water partition coefficient (Wildman–Crippen LogP) is 3.00. The second-order valence-electron chi connectivity index (χ2n) is 5.03. The van der Waals surface area contributed by atoms with E-state index in [0.29, 0.717) is 6.04 Å². The molecule has 2 saturated carbocycles. The topological polar surface area (TPSA) is 12.4 Å². The third-order valence-electron chi connectivity index (χ3n) is 4.73. The summed E-state index contributed by atoms with van der Waals surface area (Å²) in [4.78, 5) is 4.57. The Balaban J connectivity index is 2.09. The lowest BCUT2D eigenvalue weighted by atomic mass is 9.67. The second kappa shape index (κ2) is 3.11. The summed E-state index contributed by atoms with van der Waals surface area (Å²) in [5, 5.41) is 0. The molecule has 0 heterocycles. The highest BCUT2D eigenvalue weighted by Gasteiger charge is 2.54. The van der Waals surface area contributed by atoms with Gasteiger partial charge in [-0.3, -0.25) is 4.99 Å². The number of fused-ring (bicyclic) bond motifs is 1. The van der Waals surface area contributed by atoms with Gasteiger partial charge in [0.1, 0.15) is 0 Å². The molecule has 2 rings (SSSR count). The first-order valence-corrected chi connectivity index (χ1v) is 5.64. The standard InChI is InChI=1S/C12H21N/c1-5-13-11-6-10-8(3)7(2)9(4)12(10)11/h5,7-12H,6H2,1-4H3. The van der Waals surface area contributed by atoms with Gasteiger partial charge in [0.2, 0.25) is 0 Å². The minimum atomic E-state index is 0.664. The molecule has 1 heteroatoms. The van der Waals surface area contributed by atoms with Crippen molar-refractivity contribution >= 4 is 6.21 Å². The Bertz CT molecular complexity index is 211. The van der Waals surface area contributed by atoms with E-state index in [4.69, 9.17) is 0 Å². The Kier molecular flexibility index (Phi) is 2.21. The van der Waals surface area contributed by atoms with Gasteiger partial charge in [-0.25, -0.2) is 0 Å². The van der Waals surface area contributed by atoms with E-state index in [-0.39, 0.29) is 0 Å². The van der Waals surface area contributed by atoms with E-state index in [9.17, 15) is 0 Å². The SMILES string of the molecule is CC=NC1CC2C(C)C(C)C(C)C12. The smallest absolute Gasteiger partial charge is 0.0532 e. The van der Waals surface area contributed by atoms with Crippen molar-refractivity contribution in [2.75, 3.05) is 0 Å². The molecule has 74 valence electrons. The molecule has 0 aromatic rings. The Morgan fingerprint density at radius 3 is 2.31 bits per heavy atom. The van der Waals surface area contributed by atoms with Gasteiger partial charge in [0.15, 0.2) is 0 Å². The zero-order chi connectivity index (χ0) is 9.59. The maximum Gasteiger partial charge on any atom is 0.0532 e. The van der Waals surface area contributed by atoms with Crippen molar-refractivity contribution in [2.24, 2.45) is 34.6 Å². The largest absolute Gasteiger partial charge is 0.294 e. The molecule has 6 atom stereocenters. The first-order valence-electron chi connectivity index (χ1n) is 5.64. The summed E-state index contributed by atoms with van der Waals surface area (Å²) in [7, 11) is 0. The van der Waals surface area contributed by atoms with Gasteiger partial charge in [-0.15, -0.1) is 0 Å². The van der Waals surface area contributed by atoms with Crippen molar-refractivity contribution in [2.45, 2.75) is 40.2 Å². The van der Waals surface area contributed by atoms with Gasteiger partial charge in [-0.05, 0) is 49.1 Å². The number of hydrogen-bond donors (Lipinski definition) is 0. The fourth-order valence-electron chi connectivity index (χ4n) is 3.56. The van der Waals surface area contributed by atoms with Crippen LogP contribution >= 0.6 is 0 Å². The van der Waals surface area contributed by atoms with Gasteiger partial charge in [0.25, 0.3) is 0 Å². The third kappa shape index (κ3) is 1.16. The lowest BCUT2D eigenvalue weighted by Gasteiger charge is -2.41. The van der Waals surface area contributed by atoms with Crippen LogP contribution in [0.15, 0.2) is 4.99 Å². The summed E-state index contributed by atoms with van der Waals surface area (Å²) in [6.07, 6.45) is 3.34. The summed E-state index contributed by atoms with van der Waals surface area (Å²) in [6.45, 7) is 9.31. The maximum atomic E-state index is 4.57. The van der Waals surface area contributed by atoms with E-state index < -0.39 is 0 Å². The fraction of sp³-hybridized carbons (Fsp3) is 0.917. The monoisotopic (exact) mass is 179 g/mol. The molecule has 0 N–H and O–H groups in total. The quantitative estimate of drug-likeness (QED) is 0.549. The van der Waals surface area contributed by atoms with Crippen LogP contribution in [0, 0.1) is 29.6 Å². The minimum Gasteiger partial charge on any atom is -0.294 e. The molecule has 0 aromatic heterocycles. The van der Waals surface area contributed by atoms with Crippen molar-refractivity contribution in [3.63, 3.8) is 0 Å². The number of rotatable bonds is 1. The molecule has 1 nitrogen and oxygen atoms in total. The molecule has 2 fully saturated rings. The molecule has 6 unspecified atom stereocenters. The van der Waals surface area contributed by atoms with E-state index in [1.54, 1.807) is 0 Å². The lowest BCUT2D eigenvalue weighted by molar-refractivity contribution is 0.119. The molecular weight excluding hydrogens is 158 g/mol. The average Bonchev–Trinajstić information content (AvgIpc) is 2.23. The summed E-state index contributed by atoms with van der Waals surface area (Å²) in [5.74, 6) is 4.62. The molecule has 0 saturated heterocycles. The first-order chi connectivity index (χ1) is 6.16. The molecule has 13 heavy (non-hydrogen) atoms. The Labute approximate surface area is 81.6 Å². The Morgan fingerprint density at radius 1 is 1.08 bits per heavy atom. The van der Waals surface area contributed by atoms with Crippen LogP contribution in [0.1, 0.15) is 34.1 Å². The van der Waals surface area contributed by atoms with Crippen LogP contribution in [0.2, 0.25) is 0 Å². The zero-order valence-electron chi connectivity index (χ0n) is 9.20. The predicted molar refractivity (Wildman–Crippen MR) is 57.0 cm³/mol. The van der Waals surface area contributed by atoms with E-state index in [2.05, 4.69) is 25.8 Å². The van der Waals surface area contributed by atoms with Gasteiger partial charge < -0.3 is 0 Å². The third-order valence-corrected chi connectivity index (χ3v) is 4.73. The van der Waals surface area contributed by atoms with Crippen LogP contribution in [0.4, 0.5) is 0 Å². The lowest BCUT2D eigenvalue weighted by Crippen LogP contribution is -2.40. The minimum absolute atomic E-state index is 0.664. The molecule has 0 aliphatic heterocycles. The normalized spacial score (nSPS) is 55.1. The number of aliphatic imine (C=N–C) groups is 1. The molecule has 0 spiro atoms. The molecule has 0 aromatic carbocycles. The van der Waals surface area contributed by atoms with Gasteiger partial charge in [-0.1, -0.05) is 20.8 Å². The van der Waals surface area contributed by atoms with Crippen molar-refractivity contribution in [1.29, 1.82) is 0 Å². The highest BCUT2D eigenvalue weighted by atomic mass is 14.8. The van der Waals surface area contributed by atoms with Crippen LogP contribution in [0.3, 0.4) is 0 Å². The maximum absolute atomic E-state index is 4.57. The van der Waals surface area contributed by atoms with Gasteiger partial charge in [-0.2, -0.15) is 0 Å². The van der Waals surface area contributed by atoms with Crippen LogP contribution in [0.5, 0.6) is 0 Å². The number of nitrogens with zero attached hydrogens (tertiary/aromatic N) is 1. The van der Waals surface area contributed by atoms with Gasteiger partial charge in [0.05, 0.1) is 6.04 Å². The average molecular weight is 179 g/mol. The number of hydrogen-bond acceptors (Lipinski definition) is 1. The van der Waals surface area contributed by atoms with Crippen LogP contribution in [-0.2, 0) is 0 Å². The zero-order valence-corrected chi connectivity index (χ0v) is 9.20. The first kappa shape index (κ1) is 9.23. The van der Waals surface area contributed by atoms with Crippen molar-refractivity contribution < 1.29 is 0 Å². The molecule has 0 bridgehead atoms. The van der Waals surface area contributed by atoms with Crippen molar-refractivity contribution in [3.05, 3.63) is 0 Å².